The van der Waals surface area contributed by atoms with E-state index in [0.717, 1.165) is 0 Å². The van der Waals surface area contributed by atoms with Crippen molar-refractivity contribution in [3.63, 3.8) is 0 Å². The third-order valence-electron chi connectivity index (χ3n) is 4.84. The highest BCUT2D eigenvalue weighted by Crippen LogP contribution is 2.27. The first-order chi connectivity index (χ1) is 15.3. The number of ether oxygens (including phenoxy) is 2. The van der Waals surface area contributed by atoms with Gasteiger partial charge < -0.3 is 30.7 Å². The van der Waals surface area contributed by atoms with Crippen molar-refractivity contribution in [3.8, 4) is 0 Å². The zero-order valence-electron chi connectivity index (χ0n) is 22.4. The topological polar surface area (TPSA) is 135 Å². The molecule has 0 aromatic carbocycles. The van der Waals surface area contributed by atoms with Gasteiger partial charge in [0.2, 0.25) is 11.8 Å². The van der Waals surface area contributed by atoms with Crippen molar-refractivity contribution in [2.75, 3.05) is 13.1 Å². The fraction of sp³-hybridized carbons (Fsp3) is 0.750. The number of rotatable bonds is 10. The third-order valence-corrected chi connectivity index (χ3v) is 4.84. The molecule has 0 fully saturated rings. The van der Waals surface area contributed by atoms with Gasteiger partial charge in [-0.1, -0.05) is 20.4 Å². The number of hydrogen-bond donors (Lipinski definition) is 4. The van der Waals surface area contributed by atoms with Crippen LogP contribution in [0, 0.1) is 5.41 Å². The minimum Gasteiger partial charge on any atom is -0.444 e. The summed E-state index contributed by atoms with van der Waals surface area (Å²) in [4.78, 5) is 49.4. The Morgan fingerprint density at radius 2 is 1.24 bits per heavy atom. The highest BCUT2D eigenvalue weighted by Gasteiger charge is 2.42. The minimum atomic E-state index is -1.03. The van der Waals surface area contributed by atoms with Crippen LogP contribution in [0.5, 0.6) is 0 Å². The lowest BCUT2D eigenvalue weighted by atomic mass is 9.77. The fourth-order valence-corrected chi connectivity index (χ4v) is 2.69. The van der Waals surface area contributed by atoms with Gasteiger partial charge in [-0.2, -0.15) is 0 Å². The Morgan fingerprint density at radius 3 is 1.68 bits per heavy atom. The predicted octanol–water partition coefficient (Wildman–Crippen LogP) is 3.02. The SMILES string of the molecule is C=C(C)C(=O)NCCCNC(=O)C(NC(=O)OC(C)(C)C)C(C)(C)C(C)NC(=O)OC(C)(C)C. The second kappa shape index (κ2) is 12.6. The lowest BCUT2D eigenvalue weighted by Crippen LogP contribution is -2.61. The van der Waals surface area contributed by atoms with Crippen LogP contribution >= 0.6 is 0 Å². The van der Waals surface area contributed by atoms with E-state index in [-0.39, 0.29) is 12.5 Å². The van der Waals surface area contributed by atoms with Gasteiger partial charge in [-0.3, -0.25) is 9.59 Å². The normalized spacial score (nSPS) is 13.7. The van der Waals surface area contributed by atoms with E-state index in [1.165, 1.54) is 0 Å². The van der Waals surface area contributed by atoms with Gasteiger partial charge in [0.15, 0.2) is 0 Å². The van der Waals surface area contributed by atoms with Crippen LogP contribution in [-0.4, -0.2) is 60.4 Å². The second-order valence-corrected chi connectivity index (χ2v) is 10.9. The molecule has 0 aliphatic heterocycles. The van der Waals surface area contributed by atoms with Crippen LogP contribution in [0.25, 0.3) is 0 Å². The summed E-state index contributed by atoms with van der Waals surface area (Å²) >= 11 is 0. The molecule has 4 N–H and O–H groups in total. The molecular weight excluding hydrogens is 440 g/mol. The van der Waals surface area contributed by atoms with Gasteiger partial charge >= 0.3 is 12.2 Å². The van der Waals surface area contributed by atoms with Crippen LogP contribution in [0.15, 0.2) is 12.2 Å². The van der Waals surface area contributed by atoms with Gasteiger partial charge in [0.25, 0.3) is 0 Å². The Labute approximate surface area is 204 Å². The lowest BCUT2D eigenvalue weighted by Gasteiger charge is -2.39. The Balaban J connectivity index is 5.36. The van der Waals surface area contributed by atoms with Gasteiger partial charge in [0.05, 0.1) is 0 Å². The molecule has 196 valence electrons. The number of alkyl carbamates (subject to hydrolysis) is 2. The maximum atomic E-state index is 13.1. The predicted molar refractivity (Wildman–Crippen MR) is 131 cm³/mol. The monoisotopic (exact) mass is 484 g/mol. The van der Waals surface area contributed by atoms with E-state index < -0.39 is 46.8 Å². The molecule has 2 atom stereocenters. The highest BCUT2D eigenvalue weighted by molar-refractivity contribution is 5.92. The van der Waals surface area contributed by atoms with Crippen molar-refractivity contribution in [3.05, 3.63) is 12.2 Å². The van der Waals surface area contributed by atoms with E-state index in [2.05, 4.69) is 27.8 Å². The molecule has 0 saturated heterocycles. The van der Waals surface area contributed by atoms with Crippen molar-refractivity contribution >= 4 is 24.0 Å². The number of carbonyl (C=O) groups excluding carboxylic acids is 4. The summed E-state index contributed by atoms with van der Waals surface area (Å²) in [7, 11) is 0. The Morgan fingerprint density at radius 1 is 0.794 bits per heavy atom. The zero-order valence-corrected chi connectivity index (χ0v) is 22.4. The van der Waals surface area contributed by atoms with Gasteiger partial charge in [-0.05, 0) is 61.8 Å². The fourth-order valence-electron chi connectivity index (χ4n) is 2.69. The molecule has 0 saturated carbocycles. The summed E-state index contributed by atoms with van der Waals surface area (Å²) in [6.45, 7) is 21.5. The summed E-state index contributed by atoms with van der Waals surface area (Å²) < 4.78 is 10.6. The molecule has 0 aromatic rings. The average molecular weight is 485 g/mol. The molecule has 0 heterocycles. The van der Waals surface area contributed by atoms with Gasteiger partial charge in [-0.25, -0.2) is 9.59 Å². The van der Waals surface area contributed by atoms with Crippen molar-refractivity contribution in [2.24, 2.45) is 5.41 Å². The van der Waals surface area contributed by atoms with Gasteiger partial charge in [0, 0.05) is 30.1 Å². The van der Waals surface area contributed by atoms with Crippen molar-refractivity contribution < 1.29 is 28.7 Å². The van der Waals surface area contributed by atoms with Crippen molar-refractivity contribution in [1.82, 2.24) is 21.3 Å². The first-order valence-electron chi connectivity index (χ1n) is 11.5. The second-order valence-electron chi connectivity index (χ2n) is 10.9. The lowest BCUT2D eigenvalue weighted by molar-refractivity contribution is -0.126. The van der Waals surface area contributed by atoms with Crippen molar-refractivity contribution in [2.45, 2.75) is 98.9 Å². The molecule has 10 heteroatoms. The molecule has 0 radical (unpaired) electrons. The molecule has 0 spiro atoms. The first kappa shape index (κ1) is 31.2. The van der Waals surface area contributed by atoms with E-state index in [9.17, 15) is 19.2 Å². The summed E-state index contributed by atoms with van der Waals surface area (Å²) in [6.07, 6.45) is -0.896. The molecule has 2 unspecified atom stereocenters. The van der Waals surface area contributed by atoms with E-state index in [4.69, 9.17) is 9.47 Å². The summed E-state index contributed by atoms with van der Waals surface area (Å²) in [5.41, 5.74) is -1.96. The quantitative estimate of drug-likeness (QED) is 0.278. The maximum Gasteiger partial charge on any atom is 0.408 e. The van der Waals surface area contributed by atoms with E-state index >= 15 is 0 Å². The standard InChI is InChI=1S/C24H44N4O6/c1-15(2)18(29)25-13-12-14-26-19(30)17(28-21(32)34-23(7,8)9)24(10,11)16(3)27-20(31)33-22(4,5)6/h16-17H,1,12-14H2,2-11H3,(H,25,29)(H,26,30)(H,27,31)(H,28,32). The Hall–Kier alpha value is -2.78. The molecule has 0 rings (SSSR count). The zero-order chi connectivity index (χ0) is 26.9. The first-order valence-corrected chi connectivity index (χ1v) is 11.5. The Bertz CT molecular complexity index is 750. The number of nitrogens with one attached hydrogen (secondary N) is 4. The van der Waals surface area contributed by atoms with Crippen LogP contribution in [0.2, 0.25) is 0 Å². The molecule has 4 amide bonds. The molecule has 0 aromatic heterocycles. The van der Waals surface area contributed by atoms with E-state index in [0.29, 0.717) is 18.5 Å². The molecule has 0 bridgehead atoms. The largest absolute Gasteiger partial charge is 0.444 e. The summed E-state index contributed by atoms with van der Waals surface area (Å²) in [5.74, 6) is -0.695. The van der Waals surface area contributed by atoms with E-state index in [1.54, 1.807) is 69.2 Å². The third kappa shape index (κ3) is 12.5. The van der Waals surface area contributed by atoms with Crippen LogP contribution in [0.3, 0.4) is 0 Å². The number of hydrogen-bond acceptors (Lipinski definition) is 6. The molecule has 0 aliphatic rings. The average Bonchev–Trinajstić information content (AvgIpc) is 2.62. The number of amides is 4. The molecular formula is C24H44N4O6. The summed E-state index contributed by atoms with van der Waals surface area (Å²) in [6, 6.07) is -1.58. The van der Waals surface area contributed by atoms with Crippen LogP contribution in [0.4, 0.5) is 9.59 Å². The number of carbonyl (C=O) groups is 4. The van der Waals surface area contributed by atoms with Crippen LogP contribution in [0.1, 0.15) is 75.7 Å². The van der Waals surface area contributed by atoms with E-state index in [1.807, 2.05) is 0 Å². The van der Waals surface area contributed by atoms with Gasteiger partial charge in [-0.15, -0.1) is 0 Å². The van der Waals surface area contributed by atoms with Gasteiger partial charge in [0.1, 0.15) is 17.2 Å². The van der Waals surface area contributed by atoms with Crippen molar-refractivity contribution in [1.29, 1.82) is 0 Å². The minimum absolute atomic E-state index is 0.251. The Kier molecular flexibility index (Phi) is 11.6. The molecule has 34 heavy (non-hydrogen) atoms. The molecule has 10 nitrogen and oxygen atoms in total. The van der Waals surface area contributed by atoms with Crippen LogP contribution in [-0.2, 0) is 19.1 Å². The maximum absolute atomic E-state index is 13.1. The summed E-state index contributed by atoms with van der Waals surface area (Å²) in [5, 5.41) is 10.9. The highest BCUT2D eigenvalue weighted by atomic mass is 16.6. The molecule has 0 aliphatic carbocycles. The van der Waals surface area contributed by atoms with Crippen LogP contribution < -0.4 is 21.3 Å². The smallest absolute Gasteiger partial charge is 0.408 e.